The molecule has 0 saturated carbocycles. The van der Waals surface area contributed by atoms with Gasteiger partial charge >= 0.3 is 6.36 Å². The molecular weight excluding hydrogens is 383 g/mol. The molecule has 3 rings (SSSR count). The summed E-state index contributed by atoms with van der Waals surface area (Å²) in [6, 6.07) is 13.8. The minimum absolute atomic E-state index is 0.0261. The molecular formula is C21H24F3N3O2. The molecule has 2 aromatic carbocycles. The minimum atomic E-state index is -4.69. The Morgan fingerprint density at radius 3 is 2.17 bits per heavy atom. The van der Waals surface area contributed by atoms with Gasteiger partial charge in [0.25, 0.3) is 0 Å². The summed E-state index contributed by atoms with van der Waals surface area (Å²) in [7, 11) is 0. The zero-order valence-corrected chi connectivity index (χ0v) is 16.2. The first-order valence-corrected chi connectivity index (χ1v) is 9.55. The number of benzene rings is 2. The molecule has 0 bridgehead atoms. The van der Waals surface area contributed by atoms with Crippen molar-refractivity contribution >= 4 is 17.3 Å². The van der Waals surface area contributed by atoms with E-state index in [0.29, 0.717) is 26.2 Å². The number of ether oxygens (including phenoxy) is 1. The van der Waals surface area contributed by atoms with Crippen molar-refractivity contribution in [1.29, 1.82) is 0 Å². The number of alkyl halides is 3. The van der Waals surface area contributed by atoms with Crippen LogP contribution in [0.15, 0.2) is 48.5 Å². The van der Waals surface area contributed by atoms with Gasteiger partial charge in [-0.2, -0.15) is 0 Å². The molecule has 1 heterocycles. The Morgan fingerprint density at radius 2 is 1.62 bits per heavy atom. The summed E-state index contributed by atoms with van der Waals surface area (Å²) in [6.45, 7) is 4.70. The first-order chi connectivity index (χ1) is 13.8. The lowest BCUT2D eigenvalue weighted by Gasteiger charge is -2.36. The number of nitrogens with one attached hydrogen (secondary N) is 1. The monoisotopic (exact) mass is 407 g/mol. The Balaban J connectivity index is 1.46. The van der Waals surface area contributed by atoms with Crippen molar-refractivity contribution in [2.45, 2.75) is 19.7 Å². The molecule has 0 atom stereocenters. The van der Waals surface area contributed by atoms with E-state index in [4.69, 9.17) is 0 Å². The van der Waals surface area contributed by atoms with Gasteiger partial charge in [0.1, 0.15) is 5.75 Å². The second-order valence-electron chi connectivity index (χ2n) is 6.81. The second-order valence-corrected chi connectivity index (χ2v) is 6.81. The first-order valence-electron chi connectivity index (χ1n) is 9.55. The maximum atomic E-state index is 12.4. The fourth-order valence-electron chi connectivity index (χ4n) is 3.22. The highest BCUT2D eigenvalue weighted by Gasteiger charge is 2.31. The van der Waals surface area contributed by atoms with E-state index in [9.17, 15) is 18.0 Å². The van der Waals surface area contributed by atoms with Gasteiger partial charge in [-0.15, -0.1) is 13.2 Å². The average Bonchev–Trinajstić information content (AvgIpc) is 2.72. The SMILES string of the molecule is CCc1ccc(NCC(=O)N2CCN(c3ccc(OC(F)(F)F)cc3)CC2)cc1. The zero-order valence-electron chi connectivity index (χ0n) is 16.2. The number of aryl methyl sites for hydroxylation is 1. The van der Waals surface area contributed by atoms with Crippen molar-refractivity contribution in [2.75, 3.05) is 42.9 Å². The van der Waals surface area contributed by atoms with Crippen LogP contribution in [-0.4, -0.2) is 49.9 Å². The largest absolute Gasteiger partial charge is 0.573 e. The summed E-state index contributed by atoms with van der Waals surface area (Å²) in [6.07, 6.45) is -3.72. The summed E-state index contributed by atoms with van der Waals surface area (Å²) in [5.74, 6) is -0.216. The van der Waals surface area contributed by atoms with Crippen LogP contribution in [-0.2, 0) is 11.2 Å². The third-order valence-corrected chi connectivity index (χ3v) is 4.87. The molecule has 0 spiro atoms. The molecule has 1 aliphatic rings. The standard InChI is InChI=1S/C21H24F3N3O2/c1-2-16-3-5-17(6-4-16)25-15-20(28)27-13-11-26(12-14-27)18-7-9-19(10-8-18)29-21(22,23)24/h3-10,25H,2,11-15H2,1H3. The summed E-state index contributed by atoms with van der Waals surface area (Å²) in [4.78, 5) is 16.3. The number of carbonyl (C=O) groups excluding carboxylic acids is 1. The number of amides is 1. The van der Waals surface area contributed by atoms with Gasteiger partial charge in [0, 0.05) is 37.6 Å². The number of rotatable bonds is 6. The normalized spacial score (nSPS) is 14.6. The molecule has 5 nitrogen and oxygen atoms in total. The molecule has 0 radical (unpaired) electrons. The van der Waals surface area contributed by atoms with Gasteiger partial charge in [-0.1, -0.05) is 19.1 Å². The van der Waals surface area contributed by atoms with E-state index in [0.717, 1.165) is 17.8 Å². The van der Waals surface area contributed by atoms with Crippen LogP contribution in [0.5, 0.6) is 5.75 Å². The predicted octanol–water partition coefficient (Wildman–Crippen LogP) is 3.91. The molecule has 1 aliphatic heterocycles. The number of hydrogen-bond donors (Lipinski definition) is 1. The van der Waals surface area contributed by atoms with Gasteiger partial charge in [0.15, 0.2) is 0 Å². The number of carbonyl (C=O) groups is 1. The Labute approximate surface area is 168 Å². The van der Waals surface area contributed by atoms with Gasteiger partial charge in [0.05, 0.1) is 6.54 Å². The highest BCUT2D eigenvalue weighted by atomic mass is 19.4. The maximum Gasteiger partial charge on any atom is 0.573 e. The topological polar surface area (TPSA) is 44.8 Å². The Bertz CT molecular complexity index is 799. The van der Waals surface area contributed by atoms with Crippen molar-refractivity contribution in [1.82, 2.24) is 4.90 Å². The molecule has 0 unspecified atom stereocenters. The highest BCUT2D eigenvalue weighted by Crippen LogP contribution is 2.25. The second kappa shape index (κ2) is 9.07. The van der Waals surface area contributed by atoms with Crippen LogP contribution in [0.25, 0.3) is 0 Å². The van der Waals surface area contributed by atoms with Crippen molar-refractivity contribution < 1.29 is 22.7 Å². The predicted molar refractivity (Wildman–Crippen MR) is 106 cm³/mol. The average molecular weight is 407 g/mol. The Morgan fingerprint density at radius 1 is 1.00 bits per heavy atom. The van der Waals surface area contributed by atoms with Crippen LogP contribution in [0.3, 0.4) is 0 Å². The van der Waals surface area contributed by atoms with Gasteiger partial charge in [-0.25, -0.2) is 0 Å². The van der Waals surface area contributed by atoms with Crippen LogP contribution in [0.1, 0.15) is 12.5 Å². The lowest BCUT2D eigenvalue weighted by atomic mass is 10.1. The fourth-order valence-corrected chi connectivity index (χ4v) is 3.22. The number of nitrogens with zero attached hydrogens (tertiary/aromatic N) is 2. The molecule has 29 heavy (non-hydrogen) atoms. The molecule has 1 saturated heterocycles. The first kappa shape index (κ1) is 20.8. The smallest absolute Gasteiger partial charge is 0.406 e. The van der Waals surface area contributed by atoms with Crippen molar-refractivity contribution in [3.8, 4) is 5.75 Å². The van der Waals surface area contributed by atoms with Crippen molar-refractivity contribution in [3.63, 3.8) is 0 Å². The molecule has 2 aromatic rings. The number of halogens is 3. The third kappa shape index (κ3) is 6.04. The lowest BCUT2D eigenvalue weighted by molar-refractivity contribution is -0.274. The molecule has 1 amide bonds. The van der Waals surface area contributed by atoms with Crippen molar-refractivity contribution in [2.24, 2.45) is 0 Å². The van der Waals surface area contributed by atoms with E-state index >= 15 is 0 Å². The van der Waals surface area contributed by atoms with E-state index in [2.05, 4.69) is 17.0 Å². The third-order valence-electron chi connectivity index (χ3n) is 4.87. The molecule has 1 N–H and O–H groups in total. The number of hydrogen-bond acceptors (Lipinski definition) is 4. The molecule has 8 heteroatoms. The van der Waals surface area contributed by atoms with Crippen LogP contribution in [0, 0.1) is 0 Å². The van der Waals surface area contributed by atoms with E-state index in [1.807, 2.05) is 29.2 Å². The molecule has 0 aromatic heterocycles. The van der Waals surface area contributed by atoms with E-state index < -0.39 is 6.36 Å². The Hall–Kier alpha value is -2.90. The van der Waals surface area contributed by atoms with E-state index in [-0.39, 0.29) is 18.2 Å². The highest BCUT2D eigenvalue weighted by molar-refractivity contribution is 5.81. The summed E-state index contributed by atoms with van der Waals surface area (Å²) in [5, 5.41) is 3.15. The maximum absolute atomic E-state index is 12.4. The van der Waals surface area contributed by atoms with E-state index in [1.54, 1.807) is 17.0 Å². The number of anilines is 2. The van der Waals surface area contributed by atoms with Crippen molar-refractivity contribution in [3.05, 3.63) is 54.1 Å². The Kier molecular flexibility index (Phi) is 6.51. The molecule has 0 aliphatic carbocycles. The van der Waals surface area contributed by atoms with Gasteiger partial charge in [-0.05, 0) is 48.4 Å². The molecule has 1 fully saturated rings. The quantitative estimate of drug-likeness (QED) is 0.789. The summed E-state index contributed by atoms with van der Waals surface area (Å²) >= 11 is 0. The van der Waals surface area contributed by atoms with Gasteiger partial charge in [0.2, 0.25) is 5.91 Å². The van der Waals surface area contributed by atoms with Crippen LogP contribution < -0.4 is 15.0 Å². The van der Waals surface area contributed by atoms with E-state index in [1.165, 1.54) is 17.7 Å². The van der Waals surface area contributed by atoms with Crippen LogP contribution >= 0.6 is 0 Å². The van der Waals surface area contributed by atoms with Gasteiger partial charge < -0.3 is 19.9 Å². The molecule has 156 valence electrons. The summed E-state index contributed by atoms with van der Waals surface area (Å²) < 4.78 is 40.6. The lowest BCUT2D eigenvalue weighted by Crippen LogP contribution is -2.50. The minimum Gasteiger partial charge on any atom is -0.406 e. The van der Waals surface area contributed by atoms with Gasteiger partial charge in [-0.3, -0.25) is 4.79 Å². The summed E-state index contributed by atoms with van der Waals surface area (Å²) in [5.41, 5.74) is 2.96. The zero-order chi connectivity index (χ0) is 20.9. The van der Waals surface area contributed by atoms with Crippen LogP contribution in [0.2, 0.25) is 0 Å². The fraction of sp³-hybridized carbons (Fsp3) is 0.381. The number of piperazine rings is 1. The van der Waals surface area contributed by atoms with Crippen LogP contribution in [0.4, 0.5) is 24.5 Å².